The average molecular weight is 403 g/mol. The molecule has 1 saturated heterocycles. The Morgan fingerprint density at radius 3 is 2.62 bits per heavy atom. The first kappa shape index (κ1) is 22.3. The normalized spacial score (nSPS) is 14.3. The third-order valence-electron chi connectivity index (χ3n) is 4.51. The average Bonchev–Trinajstić information content (AvgIpc) is 2.97. The molecule has 0 unspecified atom stereocenters. The molecule has 1 fully saturated rings. The Morgan fingerprint density at radius 2 is 1.93 bits per heavy atom. The second kappa shape index (κ2) is 12.5. The topological polar surface area (TPSA) is 83.0 Å². The van der Waals surface area contributed by atoms with Gasteiger partial charge in [-0.2, -0.15) is 0 Å². The van der Waals surface area contributed by atoms with Gasteiger partial charge in [0.05, 0.1) is 6.42 Å². The largest absolute Gasteiger partial charge is 0.492 e. The number of hydrogen-bond donors (Lipinski definition) is 1. The first-order chi connectivity index (χ1) is 14.1. The van der Waals surface area contributed by atoms with Gasteiger partial charge in [-0.1, -0.05) is 6.07 Å². The Balaban J connectivity index is 0.000000941. The van der Waals surface area contributed by atoms with Crippen molar-refractivity contribution < 1.29 is 23.8 Å². The molecule has 3 rings (SSSR count). The van der Waals surface area contributed by atoms with Crippen molar-refractivity contribution in [2.24, 2.45) is 0 Å². The molecule has 1 aliphatic heterocycles. The van der Waals surface area contributed by atoms with E-state index in [2.05, 4.69) is 9.88 Å². The maximum atomic E-state index is 12.9. The van der Waals surface area contributed by atoms with Crippen molar-refractivity contribution in [1.29, 1.82) is 0 Å². The van der Waals surface area contributed by atoms with E-state index in [1.165, 1.54) is 12.1 Å². The molecular formula is C21H26FN3O4. The fourth-order valence-electron chi connectivity index (χ4n) is 3.06. The summed E-state index contributed by atoms with van der Waals surface area (Å²) < 4.78 is 18.5. The van der Waals surface area contributed by atoms with Gasteiger partial charge in [0.25, 0.3) is 6.47 Å². The second-order valence-corrected chi connectivity index (χ2v) is 6.52. The third-order valence-corrected chi connectivity index (χ3v) is 4.51. The molecule has 0 atom stereocenters. The summed E-state index contributed by atoms with van der Waals surface area (Å²) >= 11 is 0. The van der Waals surface area contributed by atoms with Crippen molar-refractivity contribution in [2.75, 3.05) is 39.3 Å². The highest BCUT2D eigenvalue weighted by atomic mass is 19.1. The van der Waals surface area contributed by atoms with Crippen molar-refractivity contribution in [3.63, 3.8) is 0 Å². The molecule has 2 heterocycles. The molecule has 8 heteroatoms. The highest BCUT2D eigenvalue weighted by Gasteiger charge is 2.19. The number of halogens is 1. The van der Waals surface area contributed by atoms with Crippen LogP contribution in [0.25, 0.3) is 0 Å². The van der Waals surface area contributed by atoms with E-state index in [9.17, 15) is 9.18 Å². The number of ether oxygens (including phenoxy) is 1. The number of aromatic nitrogens is 1. The standard InChI is InChI=1S/C20H24FN3O2.CH2O2/c21-18-4-6-19(7-5-18)26-14-13-23-9-2-10-24(12-11-23)20(25)15-17-3-1-8-22-16-17;2-1-3/h1,3-8,16H,2,9-15H2;1H,(H,2,3). The number of rotatable bonds is 6. The summed E-state index contributed by atoms with van der Waals surface area (Å²) in [4.78, 5) is 29.1. The Labute approximate surface area is 169 Å². The molecule has 0 bridgehead atoms. The molecule has 0 radical (unpaired) electrons. The first-order valence-electron chi connectivity index (χ1n) is 9.47. The summed E-state index contributed by atoms with van der Waals surface area (Å²) in [6.45, 7) is 4.40. The number of amides is 1. The number of benzene rings is 1. The van der Waals surface area contributed by atoms with E-state index in [-0.39, 0.29) is 18.2 Å². The lowest BCUT2D eigenvalue weighted by Crippen LogP contribution is -2.37. The Hall–Kier alpha value is -3.00. The number of hydrogen-bond acceptors (Lipinski definition) is 5. The van der Waals surface area contributed by atoms with Gasteiger partial charge in [0.15, 0.2) is 0 Å². The van der Waals surface area contributed by atoms with Crippen molar-refractivity contribution in [1.82, 2.24) is 14.8 Å². The molecule has 0 aliphatic carbocycles. The van der Waals surface area contributed by atoms with Gasteiger partial charge < -0.3 is 14.7 Å². The van der Waals surface area contributed by atoms with Gasteiger partial charge in [0.2, 0.25) is 5.91 Å². The summed E-state index contributed by atoms with van der Waals surface area (Å²) in [5.41, 5.74) is 0.950. The molecule has 1 aromatic heterocycles. The number of carbonyl (C=O) groups excluding carboxylic acids is 1. The zero-order valence-electron chi connectivity index (χ0n) is 16.2. The molecule has 29 heavy (non-hydrogen) atoms. The van der Waals surface area contributed by atoms with Gasteiger partial charge in [-0.15, -0.1) is 0 Å². The van der Waals surface area contributed by atoms with Crippen LogP contribution in [0, 0.1) is 5.82 Å². The molecular weight excluding hydrogens is 377 g/mol. The molecule has 2 aromatic rings. The number of pyridine rings is 1. The van der Waals surface area contributed by atoms with Crippen molar-refractivity contribution in [3.8, 4) is 5.75 Å². The molecule has 1 N–H and O–H groups in total. The SMILES string of the molecule is O=C(Cc1cccnc1)N1CCCN(CCOc2ccc(F)cc2)CC1.O=CO. The number of carbonyl (C=O) groups is 2. The Morgan fingerprint density at radius 1 is 1.17 bits per heavy atom. The van der Waals surface area contributed by atoms with Crippen LogP contribution in [-0.2, 0) is 16.0 Å². The Bertz CT molecular complexity index is 743. The summed E-state index contributed by atoms with van der Waals surface area (Å²) in [5, 5.41) is 6.89. The monoisotopic (exact) mass is 403 g/mol. The molecule has 0 saturated carbocycles. The Kier molecular flexibility index (Phi) is 9.57. The van der Waals surface area contributed by atoms with Crippen LogP contribution in [0.3, 0.4) is 0 Å². The van der Waals surface area contributed by atoms with Crippen LogP contribution >= 0.6 is 0 Å². The predicted octanol–water partition coefficient (Wildman–Crippen LogP) is 2.08. The van der Waals surface area contributed by atoms with Gasteiger partial charge in [0, 0.05) is 45.1 Å². The van der Waals surface area contributed by atoms with Gasteiger partial charge in [0.1, 0.15) is 18.2 Å². The van der Waals surface area contributed by atoms with Gasteiger partial charge >= 0.3 is 0 Å². The zero-order valence-corrected chi connectivity index (χ0v) is 16.2. The van der Waals surface area contributed by atoms with Gasteiger partial charge in [-0.25, -0.2) is 4.39 Å². The van der Waals surface area contributed by atoms with Crippen LogP contribution in [-0.4, -0.2) is 71.6 Å². The maximum Gasteiger partial charge on any atom is 0.290 e. The molecule has 1 aliphatic rings. The van der Waals surface area contributed by atoms with Crippen LogP contribution in [0.5, 0.6) is 5.75 Å². The number of nitrogens with zero attached hydrogens (tertiary/aromatic N) is 3. The highest BCUT2D eigenvalue weighted by molar-refractivity contribution is 5.78. The van der Waals surface area contributed by atoms with Crippen LogP contribution in [0.4, 0.5) is 4.39 Å². The second-order valence-electron chi connectivity index (χ2n) is 6.52. The van der Waals surface area contributed by atoms with Crippen LogP contribution in [0.2, 0.25) is 0 Å². The zero-order chi connectivity index (χ0) is 20.9. The lowest BCUT2D eigenvalue weighted by Gasteiger charge is -2.22. The minimum Gasteiger partial charge on any atom is -0.492 e. The van der Waals surface area contributed by atoms with Crippen LogP contribution in [0.15, 0.2) is 48.8 Å². The third kappa shape index (κ3) is 8.27. The molecule has 7 nitrogen and oxygen atoms in total. The lowest BCUT2D eigenvalue weighted by molar-refractivity contribution is -0.130. The van der Waals surface area contributed by atoms with Gasteiger partial charge in [-0.05, 0) is 42.3 Å². The van der Waals surface area contributed by atoms with E-state index in [0.717, 1.165) is 44.7 Å². The lowest BCUT2D eigenvalue weighted by atomic mass is 10.2. The summed E-state index contributed by atoms with van der Waals surface area (Å²) in [5.74, 6) is 0.567. The highest BCUT2D eigenvalue weighted by Crippen LogP contribution is 2.11. The smallest absolute Gasteiger partial charge is 0.290 e. The van der Waals surface area contributed by atoms with Crippen molar-refractivity contribution in [3.05, 3.63) is 60.2 Å². The van der Waals surface area contributed by atoms with Crippen molar-refractivity contribution >= 4 is 12.4 Å². The van der Waals surface area contributed by atoms with Crippen LogP contribution in [0.1, 0.15) is 12.0 Å². The predicted molar refractivity (Wildman–Crippen MR) is 106 cm³/mol. The van der Waals surface area contributed by atoms with E-state index >= 15 is 0 Å². The maximum absolute atomic E-state index is 12.9. The summed E-state index contributed by atoms with van der Waals surface area (Å²) in [7, 11) is 0. The molecule has 156 valence electrons. The van der Waals surface area contributed by atoms with Crippen LogP contribution < -0.4 is 4.74 Å². The summed E-state index contributed by atoms with van der Waals surface area (Å²) in [6.07, 6.45) is 4.82. The molecule has 1 amide bonds. The van der Waals surface area contributed by atoms with E-state index in [1.54, 1.807) is 24.5 Å². The fraction of sp³-hybridized carbons (Fsp3) is 0.381. The van der Waals surface area contributed by atoms with E-state index in [1.807, 2.05) is 17.0 Å². The van der Waals surface area contributed by atoms with E-state index in [0.29, 0.717) is 18.8 Å². The molecule has 0 spiro atoms. The van der Waals surface area contributed by atoms with Gasteiger partial charge in [-0.3, -0.25) is 19.5 Å². The van der Waals surface area contributed by atoms with Crippen molar-refractivity contribution in [2.45, 2.75) is 12.8 Å². The molecule has 1 aromatic carbocycles. The summed E-state index contributed by atoms with van der Waals surface area (Å²) in [6, 6.07) is 9.85. The fourth-order valence-corrected chi connectivity index (χ4v) is 3.06. The van der Waals surface area contributed by atoms with E-state index < -0.39 is 0 Å². The minimum atomic E-state index is -0.263. The number of carboxylic acid groups (broad SMARTS) is 1. The quantitative estimate of drug-likeness (QED) is 0.744. The minimum absolute atomic E-state index is 0.155. The first-order valence-corrected chi connectivity index (χ1v) is 9.47. The van der Waals surface area contributed by atoms with E-state index in [4.69, 9.17) is 14.6 Å².